The van der Waals surface area contributed by atoms with Crippen LogP contribution in [0.25, 0.3) is 27.6 Å². The summed E-state index contributed by atoms with van der Waals surface area (Å²) in [5.74, 6) is 5.71. The van der Waals surface area contributed by atoms with Gasteiger partial charge in [0.25, 0.3) is 0 Å². The third-order valence-corrected chi connectivity index (χ3v) is 4.14. The molecule has 0 heterocycles. The molecule has 21 heavy (non-hydrogen) atoms. The topological polar surface area (TPSA) is 64.4 Å². The number of hydrogen-bond acceptors (Lipinski definition) is 3. The van der Waals surface area contributed by atoms with E-state index in [1.807, 2.05) is 24.3 Å². The van der Waals surface area contributed by atoms with E-state index >= 15 is 0 Å². The Morgan fingerprint density at radius 2 is 1.38 bits per heavy atom. The molecule has 3 aromatic rings. The van der Waals surface area contributed by atoms with Gasteiger partial charge < -0.3 is 11.6 Å². The van der Waals surface area contributed by atoms with E-state index in [0.29, 0.717) is 0 Å². The molecule has 0 bridgehead atoms. The summed E-state index contributed by atoms with van der Waals surface area (Å²) in [6, 6.07) is 16.5. The highest BCUT2D eigenvalue weighted by Gasteiger charge is 2.16. The molecule has 102 valence electrons. The smallest absolute Gasteiger partial charge is 0.0983 e. The molecule has 0 amide bonds. The van der Waals surface area contributed by atoms with Crippen molar-refractivity contribution in [2.24, 2.45) is 16.7 Å². The SMILES string of the molecule is NN=c1c2ccccc2c2c(c3ccccc13)CC(N)=C2. The van der Waals surface area contributed by atoms with E-state index in [9.17, 15) is 0 Å². The summed E-state index contributed by atoms with van der Waals surface area (Å²) < 4.78 is 0. The maximum Gasteiger partial charge on any atom is 0.0983 e. The van der Waals surface area contributed by atoms with Gasteiger partial charge in [-0.05, 0) is 28.0 Å². The lowest BCUT2D eigenvalue weighted by molar-refractivity contribution is 1.16. The Balaban J connectivity index is 2.43. The van der Waals surface area contributed by atoms with Crippen LogP contribution in [0.1, 0.15) is 11.1 Å². The minimum atomic E-state index is 0.776. The van der Waals surface area contributed by atoms with Crippen molar-refractivity contribution in [1.82, 2.24) is 0 Å². The Hall–Kier alpha value is -2.81. The van der Waals surface area contributed by atoms with Gasteiger partial charge in [0.1, 0.15) is 0 Å². The van der Waals surface area contributed by atoms with Crippen LogP contribution in [-0.4, -0.2) is 0 Å². The summed E-state index contributed by atoms with van der Waals surface area (Å²) in [6.45, 7) is 0. The van der Waals surface area contributed by atoms with Crippen molar-refractivity contribution in [3.63, 3.8) is 0 Å². The fourth-order valence-corrected chi connectivity index (χ4v) is 3.26. The van der Waals surface area contributed by atoms with Crippen molar-refractivity contribution < 1.29 is 0 Å². The third kappa shape index (κ3) is 1.64. The second kappa shape index (κ2) is 4.35. The molecule has 4 rings (SSSR count). The molecule has 0 fully saturated rings. The standard InChI is InChI=1S/C18H15N3/c19-11-9-16-12-5-1-3-7-14(12)18(21-20)15-8-4-2-6-13(15)17(16)10-11/h1-9H,10,19-20H2. The number of allylic oxidation sites excluding steroid dienone is 1. The number of rotatable bonds is 0. The minimum Gasteiger partial charge on any atom is -0.402 e. The normalized spacial score (nSPS) is 14.5. The first kappa shape index (κ1) is 12.0. The van der Waals surface area contributed by atoms with E-state index in [-0.39, 0.29) is 0 Å². The molecule has 4 N–H and O–H groups in total. The molecular formula is C18H15N3. The average molecular weight is 273 g/mol. The van der Waals surface area contributed by atoms with Crippen LogP contribution in [0, 0.1) is 0 Å². The lowest BCUT2D eigenvalue weighted by Gasteiger charge is -2.00. The van der Waals surface area contributed by atoms with Crippen molar-refractivity contribution in [1.29, 1.82) is 0 Å². The van der Waals surface area contributed by atoms with Crippen molar-refractivity contribution >= 4 is 27.6 Å². The quantitative estimate of drug-likeness (QED) is 0.488. The molecule has 0 atom stereocenters. The van der Waals surface area contributed by atoms with Crippen molar-refractivity contribution in [2.45, 2.75) is 6.42 Å². The maximum atomic E-state index is 6.09. The van der Waals surface area contributed by atoms with Crippen LogP contribution in [0.3, 0.4) is 0 Å². The van der Waals surface area contributed by atoms with Crippen LogP contribution >= 0.6 is 0 Å². The number of nitrogens with zero attached hydrogens (tertiary/aromatic N) is 1. The number of fused-ring (bicyclic) bond motifs is 5. The average Bonchev–Trinajstić information content (AvgIpc) is 2.86. The summed E-state index contributed by atoms with van der Waals surface area (Å²) in [5, 5.41) is 9.36. The van der Waals surface area contributed by atoms with Gasteiger partial charge in [-0.1, -0.05) is 48.5 Å². The Morgan fingerprint density at radius 1 is 0.810 bits per heavy atom. The van der Waals surface area contributed by atoms with Gasteiger partial charge in [-0.15, -0.1) is 0 Å². The van der Waals surface area contributed by atoms with Gasteiger partial charge in [0.2, 0.25) is 0 Å². The van der Waals surface area contributed by atoms with Crippen molar-refractivity contribution in [3.05, 3.63) is 70.7 Å². The lowest BCUT2D eigenvalue weighted by Crippen LogP contribution is -2.06. The highest BCUT2D eigenvalue weighted by Crippen LogP contribution is 2.32. The summed E-state index contributed by atoms with van der Waals surface area (Å²) in [5.41, 5.74) is 9.44. The summed E-state index contributed by atoms with van der Waals surface area (Å²) in [7, 11) is 0. The summed E-state index contributed by atoms with van der Waals surface area (Å²) in [4.78, 5) is 0. The van der Waals surface area contributed by atoms with E-state index in [4.69, 9.17) is 11.6 Å². The van der Waals surface area contributed by atoms with Crippen LogP contribution in [-0.2, 0) is 6.42 Å². The molecule has 3 heteroatoms. The van der Waals surface area contributed by atoms with E-state index in [1.54, 1.807) is 0 Å². The Morgan fingerprint density at radius 3 is 2.05 bits per heavy atom. The number of benzene rings is 2. The lowest BCUT2D eigenvalue weighted by atomic mass is 10.0. The van der Waals surface area contributed by atoms with Gasteiger partial charge in [0.05, 0.1) is 5.36 Å². The van der Waals surface area contributed by atoms with Gasteiger partial charge >= 0.3 is 0 Å². The van der Waals surface area contributed by atoms with Gasteiger partial charge in [0.15, 0.2) is 0 Å². The molecule has 1 aliphatic rings. The molecule has 3 nitrogen and oxygen atoms in total. The monoisotopic (exact) mass is 273 g/mol. The second-order valence-electron chi connectivity index (χ2n) is 5.36. The molecule has 0 unspecified atom stereocenters. The zero-order valence-electron chi connectivity index (χ0n) is 11.5. The van der Waals surface area contributed by atoms with Crippen LogP contribution in [0.4, 0.5) is 0 Å². The van der Waals surface area contributed by atoms with Crippen LogP contribution in [0.15, 0.2) is 59.3 Å². The molecule has 0 radical (unpaired) electrons. The number of hydrogen-bond donors (Lipinski definition) is 2. The van der Waals surface area contributed by atoms with Crippen molar-refractivity contribution in [3.8, 4) is 0 Å². The fourth-order valence-electron chi connectivity index (χ4n) is 3.26. The first-order valence-electron chi connectivity index (χ1n) is 6.96. The van der Waals surface area contributed by atoms with Gasteiger partial charge in [0, 0.05) is 22.9 Å². The first-order chi connectivity index (χ1) is 10.3. The molecule has 0 spiro atoms. The highest BCUT2D eigenvalue weighted by molar-refractivity contribution is 6.02. The van der Waals surface area contributed by atoms with E-state index in [1.165, 1.54) is 16.5 Å². The molecule has 0 saturated carbocycles. The fraction of sp³-hybridized carbons (Fsp3) is 0.0556. The van der Waals surface area contributed by atoms with Crippen molar-refractivity contribution in [2.75, 3.05) is 0 Å². The van der Waals surface area contributed by atoms with Gasteiger partial charge in [-0.2, -0.15) is 5.10 Å². The van der Waals surface area contributed by atoms with Crippen LogP contribution < -0.4 is 16.9 Å². The predicted molar refractivity (Wildman–Crippen MR) is 87.1 cm³/mol. The Labute approximate surface area is 122 Å². The molecular weight excluding hydrogens is 258 g/mol. The first-order valence-corrected chi connectivity index (χ1v) is 6.96. The number of nitrogens with two attached hydrogens (primary N) is 2. The van der Waals surface area contributed by atoms with Crippen LogP contribution in [0.5, 0.6) is 0 Å². The zero-order chi connectivity index (χ0) is 14.4. The molecule has 0 saturated heterocycles. The summed E-state index contributed by atoms with van der Waals surface area (Å²) >= 11 is 0. The van der Waals surface area contributed by atoms with Gasteiger partial charge in [-0.25, -0.2) is 0 Å². The predicted octanol–water partition coefficient (Wildman–Crippen LogP) is 2.62. The molecule has 3 aromatic carbocycles. The van der Waals surface area contributed by atoms with E-state index in [2.05, 4.69) is 35.4 Å². The minimum absolute atomic E-state index is 0.776. The van der Waals surface area contributed by atoms with E-state index < -0.39 is 0 Å². The molecule has 1 aliphatic carbocycles. The zero-order valence-corrected chi connectivity index (χ0v) is 11.5. The third-order valence-electron chi connectivity index (χ3n) is 4.14. The Bertz CT molecular complexity index is 984. The van der Waals surface area contributed by atoms with E-state index in [0.717, 1.165) is 33.6 Å². The van der Waals surface area contributed by atoms with Gasteiger partial charge in [-0.3, -0.25) is 0 Å². The second-order valence-corrected chi connectivity index (χ2v) is 5.36. The maximum absolute atomic E-state index is 6.09. The highest BCUT2D eigenvalue weighted by atomic mass is 15.1. The van der Waals surface area contributed by atoms with Crippen LogP contribution in [0.2, 0.25) is 0 Å². The summed E-state index contributed by atoms with van der Waals surface area (Å²) in [6.07, 6.45) is 2.85. The largest absolute Gasteiger partial charge is 0.402 e. The molecule has 0 aliphatic heterocycles. The Kier molecular flexibility index (Phi) is 2.48. The molecule has 0 aromatic heterocycles.